The van der Waals surface area contributed by atoms with Gasteiger partial charge in [0.1, 0.15) is 0 Å². The van der Waals surface area contributed by atoms with Gasteiger partial charge in [0, 0.05) is 30.9 Å². The molecule has 0 saturated heterocycles. The van der Waals surface area contributed by atoms with Crippen LogP contribution in [0.25, 0.3) is 0 Å². The number of hydrogen-bond donors (Lipinski definition) is 1. The fourth-order valence-corrected chi connectivity index (χ4v) is 1.89. The van der Waals surface area contributed by atoms with Crippen molar-refractivity contribution in [3.8, 4) is 0 Å². The Morgan fingerprint density at radius 3 is 2.00 bits per heavy atom. The summed E-state index contributed by atoms with van der Waals surface area (Å²) in [4.78, 5) is 12.1. The van der Waals surface area contributed by atoms with E-state index < -0.39 is 4.92 Å². The molecule has 0 aliphatic rings. The van der Waals surface area contributed by atoms with E-state index in [9.17, 15) is 10.1 Å². The number of hydrogen-bond acceptors (Lipinski definition) is 6. The lowest BCUT2D eigenvalue weighted by molar-refractivity contribution is -0.384. The van der Waals surface area contributed by atoms with E-state index in [-0.39, 0.29) is 18.3 Å². The van der Waals surface area contributed by atoms with E-state index in [1.807, 2.05) is 43.1 Å². The molecule has 0 amide bonds. The normalized spacial score (nSPS) is 12.3. The van der Waals surface area contributed by atoms with Gasteiger partial charge in [-0.3, -0.25) is 10.1 Å². The summed E-state index contributed by atoms with van der Waals surface area (Å²) in [5.41, 5.74) is 2.22. The number of non-ortho nitro benzene ring substituents is 1. The Bertz CT molecular complexity index is 683. The van der Waals surface area contributed by atoms with Gasteiger partial charge in [-0.05, 0) is 43.3 Å². The molecule has 0 aliphatic heterocycles. The van der Waals surface area contributed by atoms with Gasteiger partial charge in [-0.1, -0.05) is 0 Å². The second-order valence-electron chi connectivity index (χ2n) is 5.13. The molecule has 0 aliphatic carbocycles. The summed E-state index contributed by atoms with van der Waals surface area (Å²) in [7, 11) is 1.91. The third-order valence-electron chi connectivity index (χ3n) is 3.52. The lowest BCUT2D eigenvalue weighted by atomic mass is 10.2. The van der Waals surface area contributed by atoms with Crippen molar-refractivity contribution in [2.24, 2.45) is 10.2 Å². The van der Waals surface area contributed by atoms with Crippen molar-refractivity contribution in [2.45, 2.75) is 13.0 Å². The topological polar surface area (TPSA) is 91.3 Å². The zero-order chi connectivity index (χ0) is 16.8. The number of nitrogens with zero attached hydrogens (tertiary/aromatic N) is 4. The highest BCUT2D eigenvalue weighted by Crippen LogP contribution is 2.23. The summed E-state index contributed by atoms with van der Waals surface area (Å²) < 4.78 is 0. The summed E-state index contributed by atoms with van der Waals surface area (Å²) in [6, 6.07) is 13.4. The highest BCUT2D eigenvalue weighted by Gasteiger charge is 2.08. The molecule has 1 N–H and O–H groups in total. The Kier molecular flexibility index (Phi) is 5.37. The average molecular weight is 314 g/mol. The fourth-order valence-electron chi connectivity index (χ4n) is 1.89. The zero-order valence-corrected chi connectivity index (χ0v) is 13.0. The maximum Gasteiger partial charge on any atom is 0.269 e. The number of benzene rings is 2. The number of azo groups is 1. The zero-order valence-electron chi connectivity index (χ0n) is 13.0. The number of nitro benzene ring substituents is 1. The smallest absolute Gasteiger partial charge is 0.269 e. The molecular weight excluding hydrogens is 296 g/mol. The van der Waals surface area contributed by atoms with Crippen molar-refractivity contribution < 1.29 is 10.0 Å². The van der Waals surface area contributed by atoms with E-state index in [4.69, 9.17) is 5.11 Å². The molecule has 120 valence electrons. The van der Waals surface area contributed by atoms with Crippen molar-refractivity contribution in [3.05, 3.63) is 58.6 Å². The summed E-state index contributed by atoms with van der Waals surface area (Å²) in [6.07, 6.45) is 0. The third kappa shape index (κ3) is 4.33. The van der Waals surface area contributed by atoms with Crippen LogP contribution in [0.5, 0.6) is 0 Å². The maximum absolute atomic E-state index is 10.6. The fraction of sp³-hybridized carbons (Fsp3) is 0.250. The molecule has 7 heteroatoms. The minimum Gasteiger partial charge on any atom is -0.394 e. The first-order valence-electron chi connectivity index (χ1n) is 7.11. The SMILES string of the molecule is CC(CO)N(C)c1ccc(/N=N/c2ccc([N+](=O)[O-])cc2)cc1. The first-order valence-corrected chi connectivity index (χ1v) is 7.11. The van der Waals surface area contributed by atoms with Crippen LogP contribution >= 0.6 is 0 Å². The Morgan fingerprint density at radius 1 is 1.09 bits per heavy atom. The molecule has 0 bridgehead atoms. The van der Waals surface area contributed by atoms with E-state index in [0.29, 0.717) is 11.4 Å². The van der Waals surface area contributed by atoms with Crippen LogP contribution in [0.4, 0.5) is 22.7 Å². The molecule has 0 heterocycles. The standard InChI is InChI=1S/C16H18N4O3/c1-12(11-21)19(2)15-7-3-13(4-8-15)17-18-14-5-9-16(10-6-14)20(22)23/h3-10,12,21H,11H2,1-2H3/b18-17+. The number of rotatable bonds is 6. The Morgan fingerprint density at radius 2 is 1.57 bits per heavy atom. The van der Waals surface area contributed by atoms with E-state index in [1.54, 1.807) is 12.1 Å². The predicted molar refractivity (Wildman–Crippen MR) is 88.7 cm³/mol. The summed E-state index contributed by atoms with van der Waals surface area (Å²) in [6.45, 7) is 2.01. The van der Waals surface area contributed by atoms with Gasteiger partial charge in [-0.2, -0.15) is 10.2 Å². The van der Waals surface area contributed by atoms with Crippen molar-refractivity contribution in [1.29, 1.82) is 0 Å². The highest BCUT2D eigenvalue weighted by molar-refractivity contribution is 5.53. The van der Waals surface area contributed by atoms with Crippen LogP contribution in [0.15, 0.2) is 58.8 Å². The summed E-state index contributed by atoms with van der Waals surface area (Å²) in [5.74, 6) is 0. The molecular formula is C16H18N4O3. The van der Waals surface area contributed by atoms with Gasteiger partial charge in [0.2, 0.25) is 0 Å². The van der Waals surface area contributed by atoms with Crippen molar-refractivity contribution in [1.82, 2.24) is 0 Å². The van der Waals surface area contributed by atoms with Gasteiger partial charge in [-0.25, -0.2) is 0 Å². The van der Waals surface area contributed by atoms with Gasteiger partial charge in [0.15, 0.2) is 0 Å². The van der Waals surface area contributed by atoms with Gasteiger partial charge >= 0.3 is 0 Å². The van der Waals surface area contributed by atoms with E-state index in [2.05, 4.69) is 10.2 Å². The van der Waals surface area contributed by atoms with Gasteiger partial charge in [-0.15, -0.1) is 0 Å². The molecule has 1 atom stereocenters. The van der Waals surface area contributed by atoms with Gasteiger partial charge in [0.25, 0.3) is 5.69 Å². The number of aliphatic hydroxyl groups is 1. The van der Waals surface area contributed by atoms with E-state index in [1.165, 1.54) is 12.1 Å². The average Bonchev–Trinajstić information content (AvgIpc) is 2.59. The number of anilines is 1. The molecule has 0 saturated carbocycles. The largest absolute Gasteiger partial charge is 0.394 e. The second-order valence-corrected chi connectivity index (χ2v) is 5.13. The van der Waals surface area contributed by atoms with Crippen LogP contribution in [-0.2, 0) is 0 Å². The first-order chi connectivity index (χ1) is 11.0. The first kappa shape index (κ1) is 16.6. The van der Waals surface area contributed by atoms with Gasteiger partial charge in [0.05, 0.1) is 22.9 Å². The molecule has 1 unspecified atom stereocenters. The van der Waals surface area contributed by atoms with Crippen molar-refractivity contribution in [2.75, 3.05) is 18.6 Å². The molecule has 0 spiro atoms. The summed E-state index contributed by atoms with van der Waals surface area (Å²) in [5, 5.41) is 27.9. The van der Waals surface area contributed by atoms with Crippen LogP contribution in [0.1, 0.15) is 6.92 Å². The maximum atomic E-state index is 10.6. The van der Waals surface area contributed by atoms with Crippen LogP contribution in [0.3, 0.4) is 0 Å². The quantitative estimate of drug-likeness (QED) is 0.498. The summed E-state index contributed by atoms with van der Waals surface area (Å²) >= 11 is 0. The Labute approximate surface area is 134 Å². The highest BCUT2D eigenvalue weighted by atomic mass is 16.6. The van der Waals surface area contributed by atoms with Gasteiger partial charge < -0.3 is 10.0 Å². The molecule has 2 aromatic carbocycles. The monoisotopic (exact) mass is 314 g/mol. The number of nitro groups is 1. The molecule has 0 fully saturated rings. The number of aliphatic hydroxyl groups excluding tert-OH is 1. The molecule has 2 rings (SSSR count). The second kappa shape index (κ2) is 7.46. The molecule has 2 aromatic rings. The Hall–Kier alpha value is -2.80. The molecule has 0 aromatic heterocycles. The third-order valence-corrected chi connectivity index (χ3v) is 3.52. The molecule has 0 radical (unpaired) electrons. The van der Waals surface area contributed by atoms with Crippen LogP contribution in [0, 0.1) is 10.1 Å². The Balaban J connectivity index is 2.06. The minimum absolute atomic E-state index is 0.0225. The minimum atomic E-state index is -0.455. The van der Waals surface area contributed by atoms with Crippen LogP contribution in [0.2, 0.25) is 0 Å². The van der Waals surface area contributed by atoms with Crippen molar-refractivity contribution >= 4 is 22.7 Å². The number of likely N-dealkylation sites (N-methyl/N-ethyl adjacent to an activating group) is 1. The lowest BCUT2D eigenvalue weighted by Crippen LogP contribution is -2.31. The van der Waals surface area contributed by atoms with Crippen LogP contribution in [-0.4, -0.2) is 29.7 Å². The van der Waals surface area contributed by atoms with E-state index >= 15 is 0 Å². The van der Waals surface area contributed by atoms with Crippen molar-refractivity contribution in [3.63, 3.8) is 0 Å². The van der Waals surface area contributed by atoms with Crippen LogP contribution < -0.4 is 4.90 Å². The molecule has 7 nitrogen and oxygen atoms in total. The molecule has 23 heavy (non-hydrogen) atoms. The van der Waals surface area contributed by atoms with E-state index in [0.717, 1.165) is 5.69 Å². The predicted octanol–water partition coefficient (Wildman–Crippen LogP) is 3.83. The lowest BCUT2D eigenvalue weighted by Gasteiger charge is -2.25.